The van der Waals surface area contributed by atoms with E-state index in [0.29, 0.717) is 35.5 Å². The molecule has 0 aliphatic carbocycles. The van der Waals surface area contributed by atoms with Gasteiger partial charge in [-0.2, -0.15) is 0 Å². The number of methoxy groups -OCH3 is 1. The number of hydrogen-bond donors (Lipinski definition) is 1. The van der Waals surface area contributed by atoms with Gasteiger partial charge in [0.05, 0.1) is 32.5 Å². The van der Waals surface area contributed by atoms with Crippen LogP contribution >= 0.6 is 0 Å². The molecular formula is C16H17N3O4. The summed E-state index contributed by atoms with van der Waals surface area (Å²) < 4.78 is 15.7. The van der Waals surface area contributed by atoms with Crippen LogP contribution in [0.5, 0.6) is 11.6 Å². The Labute approximate surface area is 133 Å². The van der Waals surface area contributed by atoms with Gasteiger partial charge in [-0.3, -0.25) is 4.79 Å². The van der Waals surface area contributed by atoms with Crippen LogP contribution in [0.2, 0.25) is 0 Å². The summed E-state index contributed by atoms with van der Waals surface area (Å²) in [5.41, 5.74) is 0.422. The number of aromatic nitrogens is 2. The molecule has 3 rings (SSSR count). The van der Waals surface area contributed by atoms with Gasteiger partial charge in [-0.15, -0.1) is 0 Å². The number of ether oxygens (including phenoxy) is 3. The first-order valence-corrected chi connectivity index (χ1v) is 7.22. The maximum absolute atomic E-state index is 12.2. The number of nitrogens with one attached hydrogen (secondary N) is 1. The summed E-state index contributed by atoms with van der Waals surface area (Å²) in [7, 11) is 1.52. The third kappa shape index (κ3) is 3.95. The van der Waals surface area contributed by atoms with E-state index < -0.39 is 0 Å². The minimum Gasteiger partial charge on any atom is -0.493 e. The molecule has 0 atom stereocenters. The molecule has 1 aliphatic heterocycles. The highest BCUT2D eigenvalue weighted by atomic mass is 16.5. The van der Waals surface area contributed by atoms with Crippen molar-refractivity contribution in [3.05, 3.63) is 42.2 Å². The number of hydrogen-bond acceptors (Lipinski definition) is 6. The summed E-state index contributed by atoms with van der Waals surface area (Å²) in [6.45, 7) is 2.07. The first kappa shape index (κ1) is 15.2. The summed E-state index contributed by atoms with van der Waals surface area (Å²) in [5, 5.41) is 2.72. The molecule has 7 nitrogen and oxygen atoms in total. The maximum atomic E-state index is 12.2. The molecule has 0 bridgehead atoms. The largest absolute Gasteiger partial charge is 0.493 e. The van der Waals surface area contributed by atoms with E-state index in [9.17, 15) is 4.79 Å². The topological polar surface area (TPSA) is 82.6 Å². The van der Waals surface area contributed by atoms with Gasteiger partial charge >= 0.3 is 0 Å². The lowest BCUT2D eigenvalue weighted by Crippen LogP contribution is -2.32. The number of carbonyl (C=O) groups is 1. The summed E-state index contributed by atoms with van der Waals surface area (Å²) in [6.07, 6.45) is 3.04. The van der Waals surface area contributed by atoms with Crippen molar-refractivity contribution >= 4 is 11.7 Å². The monoisotopic (exact) mass is 315 g/mol. The quantitative estimate of drug-likeness (QED) is 0.874. The van der Waals surface area contributed by atoms with Crippen LogP contribution in [0.1, 0.15) is 10.4 Å². The molecule has 0 aromatic carbocycles. The van der Waals surface area contributed by atoms with Crippen molar-refractivity contribution in [1.29, 1.82) is 0 Å². The molecule has 0 spiro atoms. The molecule has 0 unspecified atom stereocenters. The maximum Gasteiger partial charge on any atom is 0.258 e. The zero-order valence-corrected chi connectivity index (χ0v) is 12.7. The van der Waals surface area contributed by atoms with E-state index in [2.05, 4.69) is 15.3 Å². The molecule has 0 radical (unpaired) electrons. The van der Waals surface area contributed by atoms with Gasteiger partial charge < -0.3 is 19.5 Å². The standard InChI is InChI=1S/C16H17N3O4/c1-21-15-3-2-12(7-18-15)16(20)19-14-6-13(4-5-17-14)23-10-11-8-22-9-11/h2-7,11H,8-10H2,1H3,(H,17,19,20). The van der Waals surface area contributed by atoms with Crippen molar-refractivity contribution in [1.82, 2.24) is 9.97 Å². The van der Waals surface area contributed by atoms with Gasteiger partial charge in [0, 0.05) is 30.4 Å². The molecule has 1 saturated heterocycles. The van der Waals surface area contributed by atoms with E-state index in [0.717, 1.165) is 13.2 Å². The highest BCUT2D eigenvalue weighted by molar-refractivity contribution is 6.03. The summed E-state index contributed by atoms with van der Waals surface area (Å²) in [6, 6.07) is 6.71. The highest BCUT2D eigenvalue weighted by Crippen LogP contribution is 2.18. The SMILES string of the molecule is COc1ccc(C(=O)Nc2cc(OCC3COC3)ccn2)cn1. The van der Waals surface area contributed by atoms with E-state index in [4.69, 9.17) is 14.2 Å². The van der Waals surface area contributed by atoms with Crippen LogP contribution in [0.3, 0.4) is 0 Å². The molecule has 7 heteroatoms. The second kappa shape index (κ2) is 7.06. The van der Waals surface area contributed by atoms with Gasteiger partial charge in [-0.25, -0.2) is 9.97 Å². The van der Waals surface area contributed by atoms with Gasteiger partial charge in [-0.05, 0) is 12.1 Å². The van der Waals surface area contributed by atoms with Gasteiger partial charge in [0.15, 0.2) is 0 Å². The first-order valence-electron chi connectivity index (χ1n) is 7.22. The number of anilines is 1. The molecule has 1 aliphatic rings. The average molecular weight is 315 g/mol. The zero-order chi connectivity index (χ0) is 16.1. The molecular weight excluding hydrogens is 298 g/mol. The van der Waals surface area contributed by atoms with Crippen molar-refractivity contribution in [3.8, 4) is 11.6 Å². The van der Waals surface area contributed by atoms with Crippen molar-refractivity contribution in [2.75, 3.05) is 32.2 Å². The zero-order valence-electron chi connectivity index (χ0n) is 12.7. The average Bonchev–Trinajstić information content (AvgIpc) is 2.54. The third-order valence-electron chi connectivity index (χ3n) is 3.37. The van der Waals surface area contributed by atoms with E-state index in [1.165, 1.54) is 13.3 Å². The fourth-order valence-electron chi connectivity index (χ4n) is 1.99. The number of pyridine rings is 2. The van der Waals surface area contributed by atoms with Gasteiger partial charge in [0.2, 0.25) is 5.88 Å². The number of nitrogens with zero attached hydrogens (tertiary/aromatic N) is 2. The number of rotatable bonds is 6. The Morgan fingerprint density at radius 2 is 2.22 bits per heavy atom. The van der Waals surface area contributed by atoms with Crippen molar-refractivity contribution in [2.45, 2.75) is 0 Å². The molecule has 2 aromatic rings. The molecule has 23 heavy (non-hydrogen) atoms. The molecule has 2 aromatic heterocycles. The van der Waals surface area contributed by atoms with Gasteiger partial charge in [0.1, 0.15) is 11.6 Å². The molecule has 1 amide bonds. The Kier molecular flexibility index (Phi) is 4.68. The molecule has 120 valence electrons. The normalized spacial score (nSPS) is 14.0. The Hall–Kier alpha value is -2.67. The van der Waals surface area contributed by atoms with E-state index >= 15 is 0 Å². The van der Waals surface area contributed by atoms with Crippen LogP contribution in [0.4, 0.5) is 5.82 Å². The fourth-order valence-corrected chi connectivity index (χ4v) is 1.99. The Morgan fingerprint density at radius 3 is 2.87 bits per heavy atom. The predicted octanol–water partition coefficient (Wildman–Crippen LogP) is 1.76. The Bertz CT molecular complexity index is 671. The van der Waals surface area contributed by atoms with Gasteiger partial charge in [0.25, 0.3) is 5.91 Å². The van der Waals surface area contributed by atoms with Crippen LogP contribution in [0.25, 0.3) is 0 Å². The van der Waals surface area contributed by atoms with Crippen LogP contribution in [0.15, 0.2) is 36.7 Å². The number of amides is 1. The third-order valence-corrected chi connectivity index (χ3v) is 3.37. The first-order chi connectivity index (χ1) is 11.2. The molecule has 1 fully saturated rings. The lowest BCUT2D eigenvalue weighted by molar-refractivity contribution is -0.0508. The van der Waals surface area contributed by atoms with E-state index in [1.54, 1.807) is 30.5 Å². The molecule has 3 heterocycles. The second-order valence-electron chi connectivity index (χ2n) is 5.13. The van der Waals surface area contributed by atoms with Crippen LogP contribution in [0, 0.1) is 5.92 Å². The lowest BCUT2D eigenvalue weighted by Gasteiger charge is -2.25. The van der Waals surface area contributed by atoms with Gasteiger partial charge in [-0.1, -0.05) is 0 Å². The van der Waals surface area contributed by atoms with Crippen molar-refractivity contribution in [3.63, 3.8) is 0 Å². The minimum atomic E-state index is -0.294. The Balaban J connectivity index is 1.60. The van der Waals surface area contributed by atoms with Crippen LogP contribution in [-0.2, 0) is 4.74 Å². The summed E-state index contributed by atoms with van der Waals surface area (Å²) in [4.78, 5) is 20.3. The van der Waals surface area contributed by atoms with Crippen LogP contribution < -0.4 is 14.8 Å². The van der Waals surface area contributed by atoms with Crippen molar-refractivity contribution < 1.29 is 19.0 Å². The van der Waals surface area contributed by atoms with E-state index in [1.807, 2.05) is 0 Å². The van der Waals surface area contributed by atoms with Crippen molar-refractivity contribution in [2.24, 2.45) is 5.92 Å². The predicted molar refractivity (Wildman–Crippen MR) is 82.8 cm³/mol. The van der Waals surface area contributed by atoms with Crippen LogP contribution in [-0.4, -0.2) is 42.8 Å². The lowest BCUT2D eigenvalue weighted by atomic mass is 10.1. The summed E-state index contributed by atoms with van der Waals surface area (Å²) in [5.74, 6) is 1.68. The number of carbonyl (C=O) groups excluding carboxylic acids is 1. The minimum absolute atomic E-state index is 0.294. The second-order valence-corrected chi connectivity index (χ2v) is 5.13. The fraction of sp³-hybridized carbons (Fsp3) is 0.312. The Morgan fingerprint density at radius 1 is 1.35 bits per heavy atom. The van der Waals surface area contributed by atoms with E-state index in [-0.39, 0.29) is 5.91 Å². The summed E-state index contributed by atoms with van der Waals surface area (Å²) >= 11 is 0. The molecule has 1 N–H and O–H groups in total. The molecule has 0 saturated carbocycles. The smallest absolute Gasteiger partial charge is 0.258 e. The highest BCUT2D eigenvalue weighted by Gasteiger charge is 2.19.